The Bertz CT molecular complexity index is 882. The first-order chi connectivity index (χ1) is 12.6. The Labute approximate surface area is 159 Å². The molecule has 5 heteroatoms. The third-order valence-electron chi connectivity index (χ3n) is 4.76. The molecule has 1 aromatic heterocycles. The van der Waals surface area contributed by atoms with Crippen LogP contribution in [0.2, 0.25) is 5.02 Å². The normalized spacial score (nSPS) is 11.2. The van der Waals surface area contributed by atoms with Crippen LogP contribution in [0.25, 0.3) is 11.0 Å². The van der Waals surface area contributed by atoms with Crippen molar-refractivity contribution in [1.82, 2.24) is 14.9 Å². The number of amides is 1. The van der Waals surface area contributed by atoms with Gasteiger partial charge in [0.25, 0.3) is 0 Å². The number of aromatic nitrogens is 2. The number of nitrogens with one attached hydrogen (secondary N) is 1. The number of para-hydroxylation sites is 2. The molecule has 0 saturated carbocycles. The Kier molecular flexibility index (Phi) is 5.94. The topological polar surface area (TPSA) is 46.9 Å². The molecule has 4 nitrogen and oxygen atoms in total. The lowest BCUT2D eigenvalue weighted by atomic mass is 10.0. The quantitative estimate of drug-likeness (QED) is 0.650. The van der Waals surface area contributed by atoms with E-state index in [1.807, 2.05) is 56.3 Å². The molecule has 0 spiro atoms. The van der Waals surface area contributed by atoms with E-state index in [1.165, 1.54) is 0 Å². The average molecular weight is 370 g/mol. The van der Waals surface area contributed by atoms with Gasteiger partial charge in [0.15, 0.2) is 0 Å². The first-order valence-corrected chi connectivity index (χ1v) is 9.46. The molecule has 0 bridgehead atoms. The van der Waals surface area contributed by atoms with Crippen LogP contribution in [0.1, 0.15) is 38.1 Å². The summed E-state index contributed by atoms with van der Waals surface area (Å²) in [5.41, 5.74) is 3.15. The van der Waals surface area contributed by atoms with E-state index in [4.69, 9.17) is 16.6 Å². The smallest absolute Gasteiger partial charge is 0.223 e. The molecule has 0 aliphatic carbocycles. The molecule has 136 valence electrons. The maximum Gasteiger partial charge on any atom is 0.223 e. The molecule has 3 rings (SSSR count). The van der Waals surface area contributed by atoms with Crippen molar-refractivity contribution in [3.63, 3.8) is 0 Å². The number of carbonyl (C=O) groups is 1. The molecule has 1 N–H and O–H groups in total. The predicted octanol–water partition coefficient (Wildman–Crippen LogP) is 4.79. The minimum atomic E-state index is 0.0593. The third-order valence-corrected chi connectivity index (χ3v) is 5.02. The summed E-state index contributed by atoms with van der Waals surface area (Å²) in [5.74, 6) is 1.02. The summed E-state index contributed by atoms with van der Waals surface area (Å²) in [4.78, 5) is 17.1. The Morgan fingerprint density at radius 1 is 1.12 bits per heavy atom. The highest BCUT2D eigenvalue weighted by Gasteiger charge is 2.16. The summed E-state index contributed by atoms with van der Waals surface area (Å²) in [6.45, 7) is 5.21. The summed E-state index contributed by atoms with van der Waals surface area (Å²) in [7, 11) is 0. The number of fused-ring (bicyclic) bond motifs is 1. The van der Waals surface area contributed by atoms with Gasteiger partial charge in [-0.1, -0.05) is 49.7 Å². The summed E-state index contributed by atoms with van der Waals surface area (Å²) >= 11 is 5.99. The Hall–Kier alpha value is -2.33. The molecule has 1 amide bonds. The SMILES string of the molecule is CCC(CC)C(=O)NCc1nc2ccccc2n1Cc1ccc(Cl)cc1. The number of imidazole rings is 1. The fraction of sp³-hybridized carbons (Fsp3) is 0.333. The van der Waals surface area contributed by atoms with Crippen LogP contribution in [0.3, 0.4) is 0 Å². The van der Waals surface area contributed by atoms with Crippen molar-refractivity contribution in [2.75, 3.05) is 0 Å². The van der Waals surface area contributed by atoms with Gasteiger partial charge in [-0.05, 0) is 42.7 Å². The molecule has 3 aromatic rings. The highest BCUT2D eigenvalue weighted by atomic mass is 35.5. The molecule has 0 aliphatic heterocycles. The molecule has 0 radical (unpaired) electrons. The monoisotopic (exact) mass is 369 g/mol. The van der Waals surface area contributed by atoms with Gasteiger partial charge in [0.2, 0.25) is 5.91 Å². The van der Waals surface area contributed by atoms with E-state index in [9.17, 15) is 4.79 Å². The molecule has 1 heterocycles. The van der Waals surface area contributed by atoms with Gasteiger partial charge < -0.3 is 9.88 Å². The predicted molar refractivity (Wildman–Crippen MR) is 106 cm³/mol. The van der Waals surface area contributed by atoms with Crippen molar-refractivity contribution in [2.24, 2.45) is 5.92 Å². The van der Waals surface area contributed by atoms with Crippen molar-refractivity contribution >= 4 is 28.5 Å². The second-order valence-electron chi connectivity index (χ2n) is 6.46. The van der Waals surface area contributed by atoms with Crippen LogP contribution < -0.4 is 5.32 Å². The number of hydrogen-bond acceptors (Lipinski definition) is 2. The number of carbonyl (C=O) groups excluding carboxylic acids is 1. The summed E-state index contributed by atoms with van der Waals surface area (Å²) in [6.07, 6.45) is 1.70. The lowest BCUT2D eigenvalue weighted by Crippen LogP contribution is -2.30. The minimum absolute atomic E-state index is 0.0593. The number of halogens is 1. The number of benzene rings is 2. The lowest BCUT2D eigenvalue weighted by Gasteiger charge is -2.14. The molecule has 0 atom stereocenters. The first-order valence-electron chi connectivity index (χ1n) is 9.08. The van der Waals surface area contributed by atoms with Crippen molar-refractivity contribution in [3.8, 4) is 0 Å². The van der Waals surface area contributed by atoms with Gasteiger partial charge in [-0.15, -0.1) is 0 Å². The van der Waals surface area contributed by atoms with Gasteiger partial charge in [0.1, 0.15) is 5.82 Å². The van der Waals surface area contributed by atoms with Crippen LogP contribution in [0.15, 0.2) is 48.5 Å². The van der Waals surface area contributed by atoms with Gasteiger partial charge in [-0.25, -0.2) is 4.98 Å². The van der Waals surface area contributed by atoms with E-state index in [0.29, 0.717) is 13.1 Å². The van der Waals surface area contributed by atoms with Crippen LogP contribution in [0.5, 0.6) is 0 Å². The van der Waals surface area contributed by atoms with Crippen molar-refractivity contribution in [3.05, 3.63) is 64.9 Å². The van der Waals surface area contributed by atoms with E-state index >= 15 is 0 Å². The second-order valence-corrected chi connectivity index (χ2v) is 6.90. The van der Waals surface area contributed by atoms with E-state index in [1.54, 1.807) is 0 Å². The Balaban J connectivity index is 1.87. The number of hydrogen-bond donors (Lipinski definition) is 1. The third kappa shape index (κ3) is 4.07. The molecular formula is C21H24ClN3O. The van der Waals surface area contributed by atoms with Gasteiger partial charge in [-0.3, -0.25) is 4.79 Å². The molecule has 0 fully saturated rings. The number of rotatable bonds is 7. The van der Waals surface area contributed by atoms with Crippen molar-refractivity contribution in [2.45, 2.75) is 39.8 Å². The van der Waals surface area contributed by atoms with Crippen LogP contribution >= 0.6 is 11.6 Å². The largest absolute Gasteiger partial charge is 0.349 e. The van der Waals surface area contributed by atoms with E-state index < -0.39 is 0 Å². The molecule has 2 aromatic carbocycles. The number of nitrogens with zero attached hydrogens (tertiary/aromatic N) is 2. The fourth-order valence-corrected chi connectivity index (χ4v) is 3.31. The van der Waals surface area contributed by atoms with Gasteiger partial charge >= 0.3 is 0 Å². The van der Waals surface area contributed by atoms with Gasteiger partial charge in [-0.2, -0.15) is 0 Å². The summed E-state index contributed by atoms with van der Waals surface area (Å²) in [6, 6.07) is 15.9. The van der Waals surface area contributed by atoms with Crippen molar-refractivity contribution < 1.29 is 4.79 Å². The summed E-state index contributed by atoms with van der Waals surface area (Å²) < 4.78 is 2.16. The van der Waals surface area contributed by atoms with Gasteiger partial charge in [0, 0.05) is 17.5 Å². The van der Waals surface area contributed by atoms with E-state index in [-0.39, 0.29) is 11.8 Å². The maximum absolute atomic E-state index is 12.3. The zero-order chi connectivity index (χ0) is 18.5. The first kappa shape index (κ1) is 18.5. The highest BCUT2D eigenvalue weighted by molar-refractivity contribution is 6.30. The fourth-order valence-electron chi connectivity index (χ4n) is 3.18. The van der Waals surface area contributed by atoms with Crippen LogP contribution in [0.4, 0.5) is 0 Å². The molecule has 0 saturated heterocycles. The molecule has 0 unspecified atom stereocenters. The molecule has 0 aliphatic rings. The minimum Gasteiger partial charge on any atom is -0.349 e. The lowest BCUT2D eigenvalue weighted by molar-refractivity contribution is -0.125. The zero-order valence-corrected chi connectivity index (χ0v) is 16.0. The van der Waals surface area contributed by atoms with Crippen LogP contribution in [0, 0.1) is 5.92 Å². The molecule has 26 heavy (non-hydrogen) atoms. The van der Waals surface area contributed by atoms with E-state index in [0.717, 1.165) is 40.3 Å². The van der Waals surface area contributed by atoms with Crippen LogP contribution in [-0.4, -0.2) is 15.5 Å². The summed E-state index contributed by atoms with van der Waals surface area (Å²) in [5, 5.41) is 3.78. The highest BCUT2D eigenvalue weighted by Crippen LogP contribution is 2.19. The average Bonchev–Trinajstić information content (AvgIpc) is 3.00. The molecular weight excluding hydrogens is 346 g/mol. The van der Waals surface area contributed by atoms with E-state index in [2.05, 4.69) is 16.0 Å². The Morgan fingerprint density at radius 2 is 1.81 bits per heavy atom. The standard InChI is InChI=1S/C21H24ClN3O/c1-3-16(4-2)21(26)23-13-20-24-18-7-5-6-8-19(18)25(20)14-15-9-11-17(22)12-10-15/h5-12,16H,3-4,13-14H2,1-2H3,(H,23,26). The second kappa shape index (κ2) is 8.37. The maximum atomic E-state index is 12.3. The zero-order valence-electron chi connectivity index (χ0n) is 15.2. The van der Waals surface area contributed by atoms with Gasteiger partial charge in [0.05, 0.1) is 17.6 Å². The van der Waals surface area contributed by atoms with Crippen LogP contribution in [-0.2, 0) is 17.9 Å². The Morgan fingerprint density at radius 3 is 2.50 bits per heavy atom. The van der Waals surface area contributed by atoms with Crippen molar-refractivity contribution in [1.29, 1.82) is 0 Å².